The predicted molar refractivity (Wildman–Crippen MR) is 79.8 cm³/mol. The number of rotatable bonds is 4. The van der Waals surface area contributed by atoms with Gasteiger partial charge in [0.2, 0.25) is 0 Å². The van der Waals surface area contributed by atoms with Crippen LogP contribution in [0.5, 0.6) is 0 Å². The third-order valence-corrected chi connectivity index (χ3v) is 4.37. The summed E-state index contributed by atoms with van der Waals surface area (Å²) >= 11 is 2.64. The van der Waals surface area contributed by atoms with E-state index < -0.39 is 5.97 Å². The van der Waals surface area contributed by atoms with Crippen molar-refractivity contribution in [2.24, 2.45) is 0 Å². The zero-order valence-corrected chi connectivity index (χ0v) is 13.0. The topological polar surface area (TPSA) is 68.3 Å². The molecular weight excluding hydrogens is 296 g/mol. The number of carbonyl (C=O) groups is 2. The highest BCUT2D eigenvalue weighted by molar-refractivity contribution is 7.15. The van der Waals surface area contributed by atoms with Crippen LogP contribution in [0, 0.1) is 13.8 Å². The van der Waals surface area contributed by atoms with Gasteiger partial charge in [0, 0.05) is 10.3 Å². The third kappa shape index (κ3) is 3.23. The zero-order chi connectivity index (χ0) is 14.7. The van der Waals surface area contributed by atoms with Gasteiger partial charge in [-0.25, -0.2) is 9.78 Å². The first-order valence-corrected chi connectivity index (χ1v) is 7.72. The normalized spacial score (nSPS) is 10.3. The highest BCUT2D eigenvalue weighted by atomic mass is 32.1. The van der Waals surface area contributed by atoms with Crippen molar-refractivity contribution in [2.75, 3.05) is 11.9 Å². The minimum absolute atomic E-state index is 0.203. The lowest BCUT2D eigenvalue weighted by Gasteiger charge is -2.00. The van der Waals surface area contributed by atoms with Gasteiger partial charge in [0.15, 0.2) is 10.8 Å². The fourth-order valence-electron chi connectivity index (χ4n) is 1.65. The van der Waals surface area contributed by atoms with Crippen molar-refractivity contribution in [2.45, 2.75) is 20.8 Å². The predicted octanol–water partition coefficient (Wildman–Crippen LogP) is 3.25. The minimum atomic E-state index is -0.479. The largest absolute Gasteiger partial charge is 0.461 e. The summed E-state index contributed by atoms with van der Waals surface area (Å²) in [7, 11) is 0. The molecule has 0 aliphatic heterocycles. The highest BCUT2D eigenvalue weighted by Crippen LogP contribution is 2.23. The van der Waals surface area contributed by atoms with Crippen LogP contribution in [0.3, 0.4) is 0 Å². The number of nitrogens with one attached hydrogen (secondary N) is 1. The Labute approximate surface area is 124 Å². The van der Waals surface area contributed by atoms with E-state index in [1.165, 1.54) is 22.7 Å². The number of hydrogen-bond acceptors (Lipinski definition) is 6. The number of nitrogens with zero attached hydrogens (tertiary/aromatic N) is 1. The zero-order valence-electron chi connectivity index (χ0n) is 11.4. The van der Waals surface area contributed by atoms with Crippen molar-refractivity contribution in [3.63, 3.8) is 0 Å². The molecule has 2 heterocycles. The molecule has 1 N–H and O–H groups in total. The van der Waals surface area contributed by atoms with Crippen LogP contribution in [0.1, 0.15) is 37.5 Å². The van der Waals surface area contributed by atoms with Crippen LogP contribution in [0.15, 0.2) is 11.4 Å². The molecule has 1 amide bonds. The summed E-state index contributed by atoms with van der Waals surface area (Å²) in [6.07, 6.45) is 0. The molecule has 5 nitrogen and oxygen atoms in total. The van der Waals surface area contributed by atoms with Crippen LogP contribution in [-0.4, -0.2) is 23.5 Å². The summed E-state index contributed by atoms with van der Waals surface area (Å²) in [4.78, 5) is 29.4. The molecule has 0 aromatic carbocycles. The number of hydrogen-bond donors (Lipinski definition) is 1. The molecule has 0 aliphatic rings. The molecular formula is C13H14N2O3S2. The molecule has 106 valence electrons. The Balaban J connectivity index is 2.09. The van der Waals surface area contributed by atoms with Crippen LogP contribution in [0.25, 0.3) is 0 Å². The number of esters is 1. The number of aromatic nitrogens is 1. The van der Waals surface area contributed by atoms with Gasteiger partial charge >= 0.3 is 5.97 Å². The molecule has 2 aromatic rings. The van der Waals surface area contributed by atoms with Gasteiger partial charge in [0.05, 0.1) is 11.5 Å². The molecule has 2 rings (SSSR count). The lowest BCUT2D eigenvalue weighted by molar-refractivity contribution is 0.0520. The summed E-state index contributed by atoms with van der Waals surface area (Å²) in [6, 6.07) is 1.96. The first-order valence-electron chi connectivity index (χ1n) is 6.02. The summed E-state index contributed by atoms with van der Waals surface area (Å²) in [6.45, 7) is 5.88. The molecule has 0 unspecified atom stereocenters. The van der Waals surface area contributed by atoms with Gasteiger partial charge < -0.3 is 4.74 Å². The Hall–Kier alpha value is -1.73. The van der Waals surface area contributed by atoms with Gasteiger partial charge in [-0.1, -0.05) is 0 Å². The van der Waals surface area contributed by atoms with Crippen molar-refractivity contribution in [3.05, 3.63) is 32.5 Å². The Morgan fingerprint density at radius 2 is 2.15 bits per heavy atom. The molecule has 7 heteroatoms. The summed E-state index contributed by atoms with van der Waals surface area (Å²) in [5, 5.41) is 4.66. The Bertz CT molecular complexity index is 646. The smallest absolute Gasteiger partial charge is 0.357 e. The fraction of sp³-hybridized carbons (Fsp3) is 0.308. The molecule has 0 atom stereocenters. The van der Waals surface area contributed by atoms with Crippen molar-refractivity contribution < 1.29 is 14.3 Å². The molecule has 0 aliphatic carbocycles. The van der Waals surface area contributed by atoms with Gasteiger partial charge in [0.1, 0.15) is 0 Å². The van der Waals surface area contributed by atoms with E-state index in [2.05, 4.69) is 10.3 Å². The number of thiophene rings is 1. The number of aryl methyl sites for hydroxylation is 2. The van der Waals surface area contributed by atoms with E-state index >= 15 is 0 Å². The summed E-state index contributed by atoms with van der Waals surface area (Å²) in [5.74, 6) is -0.683. The van der Waals surface area contributed by atoms with Crippen molar-refractivity contribution in [3.8, 4) is 0 Å². The number of amides is 1. The summed E-state index contributed by atoms with van der Waals surface area (Å²) < 4.78 is 4.85. The second-order valence-electron chi connectivity index (χ2n) is 4.08. The molecule has 0 saturated carbocycles. The van der Waals surface area contributed by atoms with Crippen LogP contribution in [-0.2, 0) is 4.74 Å². The Morgan fingerprint density at radius 1 is 1.40 bits per heavy atom. The molecule has 0 spiro atoms. The monoisotopic (exact) mass is 310 g/mol. The van der Waals surface area contributed by atoms with E-state index in [1.54, 1.807) is 12.3 Å². The third-order valence-electron chi connectivity index (χ3n) is 2.46. The van der Waals surface area contributed by atoms with E-state index in [1.807, 2.05) is 19.9 Å². The van der Waals surface area contributed by atoms with Gasteiger partial charge in [-0.3, -0.25) is 10.1 Å². The first-order chi connectivity index (χ1) is 9.51. The second kappa shape index (κ2) is 6.15. The van der Waals surface area contributed by atoms with Gasteiger partial charge in [-0.05, 0) is 32.4 Å². The number of ether oxygens (including phenoxy) is 1. The van der Waals surface area contributed by atoms with Gasteiger partial charge in [-0.15, -0.1) is 22.7 Å². The Morgan fingerprint density at radius 3 is 2.75 bits per heavy atom. The molecule has 0 saturated heterocycles. The number of thiazole rings is 1. The lowest BCUT2D eigenvalue weighted by Crippen LogP contribution is -2.12. The standard InChI is InChI=1S/C13H14N2O3S2/c1-4-18-12(17)9-6-19-13(14-9)15-11(16)10-7(2)5-8(3)20-10/h5-6H,4H2,1-3H3,(H,14,15,16). The molecule has 0 radical (unpaired) electrons. The average molecular weight is 310 g/mol. The van der Waals surface area contributed by atoms with Crippen molar-refractivity contribution in [1.29, 1.82) is 0 Å². The van der Waals surface area contributed by atoms with E-state index in [-0.39, 0.29) is 11.6 Å². The average Bonchev–Trinajstić information content (AvgIpc) is 2.96. The minimum Gasteiger partial charge on any atom is -0.461 e. The van der Waals surface area contributed by atoms with E-state index in [4.69, 9.17) is 4.74 Å². The molecule has 20 heavy (non-hydrogen) atoms. The maximum Gasteiger partial charge on any atom is 0.357 e. The SMILES string of the molecule is CCOC(=O)c1csc(NC(=O)c2sc(C)cc2C)n1. The first kappa shape index (κ1) is 14.7. The van der Waals surface area contributed by atoms with E-state index in [0.29, 0.717) is 16.6 Å². The van der Waals surface area contributed by atoms with E-state index in [0.717, 1.165) is 10.4 Å². The van der Waals surface area contributed by atoms with Crippen molar-refractivity contribution in [1.82, 2.24) is 4.98 Å². The number of carbonyl (C=O) groups excluding carboxylic acids is 2. The maximum atomic E-state index is 12.1. The number of anilines is 1. The molecule has 2 aromatic heterocycles. The quantitative estimate of drug-likeness (QED) is 0.880. The second-order valence-corrected chi connectivity index (χ2v) is 6.20. The fourth-order valence-corrected chi connectivity index (χ4v) is 3.25. The van der Waals surface area contributed by atoms with Crippen LogP contribution >= 0.6 is 22.7 Å². The molecule has 0 bridgehead atoms. The van der Waals surface area contributed by atoms with Gasteiger partial charge in [0.25, 0.3) is 5.91 Å². The highest BCUT2D eigenvalue weighted by Gasteiger charge is 2.16. The van der Waals surface area contributed by atoms with Crippen molar-refractivity contribution >= 4 is 39.7 Å². The van der Waals surface area contributed by atoms with E-state index in [9.17, 15) is 9.59 Å². The lowest BCUT2D eigenvalue weighted by atomic mass is 10.2. The maximum absolute atomic E-state index is 12.1. The van der Waals surface area contributed by atoms with Crippen LogP contribution in [0.4, 0.5) is 5.13 Å². The molecule has 0 fully saturated rings. The Kier molecular flexibility index (Phi) is 4.51. The summed E-state index contributed by atoms with van der Waals surface area (Å²) in [5.41, 5.74) is 1.15. The van der Waals surface area contributed by atoms with Crippen LogP contribution < -0.4 is 5.32 Å². The van der Waals surface area contributed by atoms with Crippen LogP contribution in [0.2, 0.25) is 0 Å². The van der Waals surface area contributed by atoms with Gasteiger partial charge in [-0.2, -0.15) is 0 Å².